The Morgan fingerprint density at radius 3 is 2.20 bits per heavy atom. The summed E-state index contributed by atoms with van der Waals surface area (Å²) in [6.07, 6.45) is 0. The highest BCUT2D eigenvalue weighted by atomic mass is 19.2. The van der Waals surface area contributed by atoms with Crippen LogP contribution in [0.2, 0.25) is 0 Å². The summed E-state index contributed by atoms with van der Waals surface area (Å²) >= 11 is 0. The molecule has 1 aliphatic rings. The van der Waals surface area contributed by atoms with Crippen molar-refractivity contribution < 1.29 is 22.8 Å². The third-order valence-corrected chi connectivity index (χ3v) is 4.68. The zero-order valence-electron chi connectivity index (χ0n) is 15.7. The summed E-state index contributed by atoms with van der Waals surface area (Å²) in [5.74, 6) is -4.26. The topological polar surface area (TPSA) is 49.4 Å². The van der Waals surface area contributed by atoms with Crippen LogP contribution in [0.3, 0.4) is 0 Å². The van der Waals surface area contributed by atoms with Crippen LogP contribution in [0.25, 0.3) is 5.57 Å². The molecule has 1 aliphatic heterocycles. The average molecular weight is 408 g/mol. The van der Waals surface area contributed by atoms with Crippen molar-refractivity contribution >= 4 is 28.8 Å². The van der Waals surface area contributed by atoms with Gasteiger partial charge in [-0.1, -0.05) is 35.9 Å². The van der Waals surface area contributed by atoms with Crippen molar-refractivity contribution in [2.45, 2.75) is 6.92 Å². The second kappa shape index (κ2) is 7.51. The highest BCUT2D eigenvalue weighted by Crippen LogP contribution is 2.34. The Labute approximate surface area is 170 Å². The van der Waals surface area contributed by atoms with E-state index in [0.29, 0.717) is 5.56 Å². The van der Waals surface area contributed by atoms with Crippen LogP contribution in [0, 0.1) is 24.4 Å². The quantitative estimate of drug-likeness (QED) is 0.631. The van der Waals surface area contributed by atoms with E-state index < -0.39 is 29.3 Å². The minimum Gasteiger partial charge on any atom is -0.350 e. The zero-order chi connectivity index (χ0) is 21.4. The Morgan fingerprint density at radius 2 is 1.53 bits per heavy atom. The van der Waals surface area contributed by atoms with Gasteiger partial charge in [-0.3, -0.25) is 9.59 Å². The zero-order valence-corrected chi connectivity index (χ0v) is 15.7. The molecule has 2 amide bonds. The van der Waals surface area contributed by atoms with Crippen molar-refractivity contribution in [3.63, 3.8) is 0 Å². The molecule has 3 aromatic carbocycles. The van der Waals surface area contributed by atoms with Crippen molar-refractivity contribution in [3.05, 3.63) is 101 Å². The number of nitrogens with one attached hydrogen (secondary N) is 1. The van der Waals surface area contributed by atoms with Crippen LogP contribution >= 0.6 is 0 Å². The fourth-order valence-electron chi connectivity index (χ4n) is 3.20. The Bertz CT molecular complexity index is 1200. The minimum absolute atomic E-state index is 0.0500. The molecule has 3 aromatic rings. The third-order valence-electron chi connectivity index (χ3n) is 4.68. The normalized spacial score (nSPS) is 13.9. The summed E-state index contributed by atoms with van der Waals surface area (Å²) in [5, 5.41) is 2.81. The lowest BCUT2D eigenvalue weighted by Gasteiger charge is -2.15. The van der Waals surface area contributed by atoms with Gasteiger partial charge >= 0.3 is 0 Å². The van der Waals surface area contributed by atoms with Gasteiger partial charge in [0.1, 0.15) is 11.5 Å². The second-order valence-electron chi connectivity index (χ2n) is 6.80. The molecule has 150 valence electrons. The van der Waals surface area contributed by atoms with E-state index >= 15 is 0 Å². The van der Waals surface area contributed by atoms with Crippen LogP contribution < -0.4 is 10.2 Å². The number of carbonyl (C=O) groups excluding carboxylic acids is 2. The number of anilines is 2. The first-order chi connectivity index (χ1) is 14.3. The molecule has 0 unspecified atom stereocenters. The van der Waals surface area contributed by atoms with Gasteiger partial charge in [0.2, 0.25) is 0 Å². The number of hydrogen-bond donors (Lipinski definition) is 1. The van der Waals surface area contributed by atoms with Gasteiger partial charge in [0.05, 0.1) is 11.3 Å². The Morgan fingerprint density at radius 1 is 0.800 bits per heavy atom. The van der Waals surface area contributed by atoms with Crippen molar-refractivity contribution in [2.75, 3.05) is 10.2 Å². The maximum Gasteiger partial charge on any atom is 0.282 e. The Kier molecular flexibility index (Phi) is 4.87. The molecule has 1 N–H and O–H groups in total. The summed E-state index contributed by atoms with van der Waals surface area (Å²) in [6, 6.07) is 15.1. The molecule has 0 aromatic heterocycles. The summed E-state index contributed by atoms with van der Waals surface area (Å²) in [5.41, 5.74) is 1.54. The smallest absolute Gasteiger partial charge is 0.282 e. The lowest BCUT2D eigenvalue weighted by atomic mass is 10.0. The summed E-state index contributed by atoms with van der Waals surface area (Å²) in [7, 11) is 0. The van der Waals surface area contributed by atoms with E-state index in [0.717, 1.165) is 28.7 Å². The van der Waals surface area contributed by atoms with Crippen LogP contribution in [-0.2, 0) is 9.59 Å². The predicted octanol–water partition coefficient (Wildman–Crippen LogP) is 4.81. The molecule has 30 heavy (non-hydrogen) atoms. The third kappa shape index (κ3) is 3.45. The van der Waals surface area contributed by atoms with Crippen molar-refractivity contribution in [1.82, 2.24) is 0 Å². The first-order valence-corrected chi connectivity index (χ1v) is 9.03. The van der Waals surface area contributed by atoms with Crippen molar-refractivity contribution in [2.24, 2.45) is 0 Å². The molecule has 0 saturated carbocycles. The minimum atomic E-state index is -1.18. The van der Waals surface area contributed by atoms with Crippen LogP contribution in [0.15, 0.2) is 72.4 Å². The summed E-state index contributed by atoms with van der Waals surface area (Å²) in [4.78, 5) is 27.1. The molecule has 7 heteroatoms. The van der Waals surface area contributed by atoms with Gasteiger partial charge in [0.15, 0.2) is 11.6 Å². The van der Waals surface area contributed by atoms with E-state index in [4.69, 9.17) is 0 Å². The number of hydrogen-bond acceptors (Lipinski definition) is 3. The number of rotatable bonds is 4. The van der Waals surface area contributed by atoms with Crippen LogP contribution in [0.5, 0.6) is 0 Å². The maximum atomic E-state index is 13.7. The summed E-state index contributed by atoms with van der Waals surface area (Å²) < 4.78 is 40.7. The number of aryl methyl sites for hydroxylation is 1. The van der Waals surface area contributed by atoms with E-state index in [1.807, 2.05) is 6.92 Å². The Balaban J connectivity index is 1.83. The van der Waals surface area contributed by atoms with Crippen molar-refractivity contribution in [3.8, 4) is 0 Å². The molecule has 0 fully saturated rings. The first kappa shape index (κ1) is 19.4. The molecule has 0 bridgehead atoms. The molecular weight excluding hydrogens is 393 g/mol. The van der Waals surface area contributed by atoms with E-state index in [1.165, 1.54) is 18.2 Å². The van der Waals surface area contributed by atoms with Gasteiger partial charge in [-0.15, -0.1) is 0 Å². The van der Waals surface area contributed by atoms with Crippen LogP contribution in [0.1, 0.15) is 11.1 Å². The molecule has 0 aliphatic carbocycles. The van der Waals surface area contributed by atoms with Crippen LogP contribution in [0.4, 0.5) is 24.5 Å². The molecule has 0 saturated heterocycles. The molecule has 0 atom stereocenters. The maximum absolute atomic E-state index is 13.7. The number of nitrogens with zero attached hydrogens (tertiary/aromatic N) is 1. The highest BCUT2D eigenvalue weighted by molar-refractivity contribution is 6.46. The highest BCUT2D eigenvalue weighted by Gasteiger charge is 2.40. The lowest BCUT2D eigenvalue weighted by Crippen LogP contribution is -2.32. The molecule has 4 rings (SSSR count). The molecule has 4 nitrogen and oxygen atoms in total. The number of carbonyl (C=O) groups is 2. The molecule has 1 heterocycles. The van der Waals surface area contributed by atoms with Gasteiger partial charge in [-0.25, -0.2) is 18.1 Å². The fraction of sp³-hybridized carbons (Fsp3) is 0.0435. The standard InChI is InChI=1S/C23H15F3N2O2/c1-13-5-7-14(8-6-13)20-21(27-16-4-2-3-15(24)11-16)23(30)28(22(20)29)17-9-10-18(25)19(26)12-17/h2-12,27H,1H3. The number of imide groups is 1. The van der Waals surface area contributed by atoms with Gasteiger partial charge in [0.25, 0.3) is 11.8 Å². The molecule has 0 radical (unpaired) electrons. The van der Waals surface area contributed by atoms with Crippen LogP contribution in [-0.4, -0.2) is 11.8 Å². The largest absolute Gasteiger partial charge is 0.350 e. The average Bonchev–Trinajstić information content (AvgIpc) is 2.95. The molecule has 0 spiro atoms. The van der Waals surface area contributed by atoms with Gasteiger partial charge in [-0.2, -0.15) is 0 Å². The first-order valence-electron chi connectivity index (χ1n) is 9.03. The van der Waals surface area contributed by atoms with Gasteiger partial charge in [0, 0.05) is 11.8 Å². The second-order valence-corrected chi connectivity index (χ2v) is 6.80. The van der Waals surface area contributed by atoms with E-state index in [1.54, 1.807) is 30.3 Å². The summed E-state index contributed by atoms with van der Waals surface area (Å²) in [6.45, 7) is 1.87. The monoisotopic (exact) mass is 408 g/mol. The van der Waals surface area contributed by atoms with Gasteiger partial charge < -0.3 is 5.32 Å². The predicted molar refractivity (Wildman–Crippen MR) is 107 cm³/mol. The van der Waals surface area contributed by atoms with Gasteiger partial charge in [-0.05, 0) is 42.8 Å². The fourth-order valence-corrected chi connectivity index (χ4v) is 3.20. The Hall–Kier alpha value is -3.87. The van der Waals surface area contributed by atoms with Crippen molar-refractivity contribution in [1.29, 1.82) is 0 Å². The van der Waals surface area contributed by atoms with E-state index in [2.05, 4.69) is 5.32 Å². The number of benzene rings is 3. The lowest BCUT2D eigenvalue weighted by molar-refractivity contribution is -0.120. The number of amides is 2. The SMILES string of the molecule is Cc1ccc(C2=C(Nc3cccc(F)c3)C(=O)N(c3ccc(F)c(F)c3)C2=O)cc1. The van der Waals surface area contributed by atoms with E-state index in [9.17, 15) is 22.8 Å². The molecular formula is C23H15F3N2O2. The van der Waals surface area contributed by atoms with E-state index in [-0.39, 0.29) is 22.6 Å². The number of halogens is 3.